The molecule has 0 bridgehead atoms. The van der Waals surface area contributed by atoms with E-state index in [1.807, 2.05) is 0 Å². The van der Waals surface area contributed by atoms with Crippen molar-refractivity contribution in [3.63, 3.8) is 0 Å². The molecule has 0 fully saturated rings. The van der Waals surface area contributed by atoms with E-state index in [1.54, 1.807) is 0 Å². The standard InChI is InChI=1S/C12H15FN4O2/c1-19-11-8-9(4-5-10(11)13)12(18)15-6-2-3-7-16-17-14/h4-5,8H,2-3,6-7H2,1H3,(H,15,18). The highest BCUT2D eigenvalue weighted by atomic mass is 19.1. The third-order valence-corrected chi connectivity index (χ3v) is 2.45. The fraction of sp³-hybridized carbons (Fsp3) is 0.417. The minimum absolute atomic E-state index is 0.0380. The molecule has 1 N–H and O–H groups in total. The number of hydrogen-bond donors (Lipinski definition) is 1. The van der Waals surface area contributed by atoms with Gasteiger partial charge in [0.25, 0.3) is 5.91 Å². The van der Waals surface area contributed by atoms with Crippen LogP contribution in [0, 0.1) is 5.82 Å². The van der Waals surface area contributed by atoms with Crippen molar-refractivity contribution >= 4 is 5.91 Å². The number of unbranched alkanes of at least 4 members (excludes halogenated alkanes) is 1. The first-order chi connectivity index (χ1) is 9.19. The Morgan fingerprint density at radius 3 is 3.00 bits per heavy atom. The number of methoxy groups -OCH3 is 1. The maximum Gasteiger partial charge on any atom is 0.251 e. The number of carbonyl (C=O) groups excluding carboxylic acids is 1. The molecule has 0 saturated carbocycles. The van der Waals surface area contributed by atoms with Gasteiger partial charge in [-0.15, -0.1) is 0 Å². The normalized spacial score (nSPS) is 9.58. The smallest absolute Gasteiger partial charge is 0.251 e. The van der Waals surface area contributed by atoms with Crippen LogP contribution in [0.5, 0.6) is 5.75 Å². The summed E-state index contributed by atoms with van der Waals surface area (Å²) in [6.07, 6.45) is 1.42. The molecular weight excluding hydrogens is 251 g/mol. The lowest BCUT2D eigenvalue weighted by atomic mass is 10.2. The van der Waals surface area contributed by atoms with Gasteiger partial charge in [0.2, 0.25) is 0 Å². The average Bonchev–Trinajstić information content (AvgIpc) is 2.43. The quantitative estimate of drug-likeness (QED) is 0.356. The number of amides is 1. The summed E-state index contributed by atoms with van der Waals surface area (Å²) in [5.74, 6) is -0.758. The first kappa shape index (κ1) is 14.8. The molecule has 19 heavy (non-hydrogen) atoms. The highest BCUT2D eigenvalue weighted by molar-refractivity contribution is 5.94. The molecule has 7 heteroatoms. The number of hydrogen-bond acceptors (Lipinski definition) is 3. The second-order valence-corrected chi connectivity index (χ2v) is 3.77. The van der Waals surface area contributed by atoms with Crippen LogP contribution in [0.15, 0.2) is 23.3 Å². The lowest BCUT2D eigenvalue weighted by Gasteiger charge is -2.07. The molecule has 1 aromatic rings. The summed E-state index contributed by atoms with van der Waals surface area (Å²) >= 11 is 0. The topological polar surface area (TPSA) is 87.1 Å². The molecule has 0 saturated heterocycles. The number of halogens is 1. The minimum atomic E-state index is -0.506. The van der Waals surface area contributed by atoms with E-state index in [9.17, 15) is 9.18 Å². The van der Waals surface area contributed by atoms with Gasteiger partial charge in [0.1, 0.15) is 0 Å². The molecule has 1 amide bonds. The number of benzene rings is 1. The molecule has 1 rings (SSSR count). The summed E-state index contributed by atoms with van der Waals surface area (Å²) in [7, 11) is 1.34. The van der Waals surface area contributed by atoms with Crippen molar-refractivity contribution in [3.05, 3.63) is 40.0 Å². The summed E-state index contributed by atoms with van der Waals surface area (Å²) in [5, 5.41) is 6.08. The Kier molecular flexibility index (Phi) is 6.18. The molecule has 0 spiro atoms. The molecule has 1 aromatic carbocycles. The Morgan fingerprint density at radius 2 is 2.32 bits per heavy atom. The van der Waals surface area contributed by atoms with Crippen molar-refractivity contribution < 1.29 is 13.9 Å². The van der Waals surface area contributed by atoms with Crippen LogP contribution in [0.2, 0.25) is 0 Å². The van der Waals surface area contributed by atoms with Crippen molar-refractivity contribution in [2.24, 2.45) is 5.11 Å². The lowest BCUT2D eigenvalue weighted by molar-refractivity contribution is 0.0952. The molecule has 0 aliphatic heterocycles. The zero-order valence-electron chi connectivity index (χ0n) is 10.6. The number of nitrogens with zero attached hydrogens (tertiary/aromatic N) is 3. The van der Waals surface area contributed by atoms with Crippen molar-refractivity contribution in [2.45, 2.75) is 12.8 Å². The van der Waals surface area contributed by atoms with Gasteiger partial charge in [-0.05, 0) is 36.6 Å². The Labute approximate surface area is 110 Å². The van der Waals surface area contributed by atoms with Gasteiger partial charge in [0.05, 0.1) is 7.11 Å². The van der Waals surface area contributed by atoms with E-state index >= 15 is 0 Å². The maximum absolute atomic E-state index is 13.2. The maximum atomic E-state index is 13.2. The second kappa shape index (κ2) is 7.94. The Hall–Kier alpha value is -2.27. The second-order valence-electron chi connectivity index (χ2n) is 3.77. The number of carbonyl (C=O) groups is 1. The van der Waals surface area contributed by atoms with Crippen LogP contribution < -0.4 is 10.1 Å². The van der Waals surface area contributed by atoms with Gasteiger partial charge >= 0.3 is 0 Å². The number of ether oxygens (including phenoxy) is 1. The van der Waals surface area contributed by atoms with Crippen molar-refractivity contribution in [3.8, 4) is 5.75 Å². The predicted octanol–water partition coefficient (Wildman–Crippen LogP) is 2.65. The van der Waals surface area contributed by atoms with E-state index in [0.29, 0.717) is 31.5 Å². The third-order valence-electron chi connectivity index (χ3n) is 2.45. The number of rotatable bonds is 7. The molecule has 0 aliphatic carbocycles. The summed E-state index contributed by atoms with van der Waals surface area (Å²) in [4.78, 5) is 14.4. The first-order valence-electron chi connectivity index (χ1n) is 5.81. The van der Waals surface area contributed by atoms with Crippen LogP contribution in [0.1, 0.15) is 23.2 Å². The van der Waals surface area contributed by atoms with Gasteiger partial charge in [-0.2, -0.15) is 0 Å². The molecule has 0 aromatic heterocycles. The lowest BCUT2D eigenvalue weighted by Crippen LogP contribution is -2.24. The Balaban J connectivity index is 2.43. The number of azide groups is 1. The van der Waals surface area contributed by atoms with Crippen molar-refractivity contribution in [1.29, 1.82) is 0 Å². The van der Waals surface area contributed by atoms with E-state index in [0.717, 1.165) is 0 Å². The molecular formula is C12H15FN4O2. The van der Waals surface area contributed by atoms with Gasteiger partial charge in [-0.1, -0.05) is 5.11 Å². The SMILES string of the molecule is COc1cc(C(=O)NCCCCN=[N+]=[N-])ccc1F. The van der Waals surface area contributed by atoms with Gasteiger partial charge in [0, 0.05) is 23.6 Å². The zero-order valence-corrected chi connectivity index (χ0v) is 10.6. The van der Waals surface area contributed by atoms with Gasteiger partial charge in [-0.25, -0.2) is 4.39 Å². The van der Waals surface area contributed by atoms with E-state index < -0.39 is 5.82 Å². The first-order valence-corrected chi connectivity index (χ1v) is 5.81. The average molecular weight is 266 g/mol. The van der Waals surface area contributed by atoms with Crippen LogP contribution in [0.4, 0.5) is 4.39 Å². The van der Waals surface area contributed by atoms with Crippen LogP contribution in [0.25, 0.3) is 10.4 Å². The third kappa shape index (κ3) is 4.85. The molecule has 6 nitrogen and oxygen atoms in total. The fourth-order valence-corrected chi connectivity index (χ4v) is 1.46. The Bertz CT molecular complexity index is 487. The molecule has 0 radical (unpaired) electrons. The van der Waals surface area contributed by atoms with Crippen LogP contribution >= 0.6 is 0 Å². The molecule has 0 aliphatic rings. The largest absolute Gasteiger partial charge is 0.494 e. The van der Waals surface area contributed by atoms with Crippen LogP contribution in [-0.4, -0.2) is 26.1 Å². The fourth-order valence-electron chi connectivity index (χ4n) is 1.46. The monoisotopic (exact) mass is 266 g/mol. The van der Waals surface area contributed by atoms with Crippen molar-refractivity contribution in [2.75, 3.05) is 20.2 Å². The zero-order chi connectivity index (χ0) is 14.1. The summed E-state index contributed by atoms with van der Waals surface area (Å²) in [6, 6.07) is 3.94. The van der Waals surface area contributed by atoms with Gasteiger partial charge in [-0.3, -0.25) is 4.79 Å². The highest BCUT2D eigenvalue weighted by Gasteiger charge is 2.09. The Morgan fingerprint density at radius 1 is 1.53 bits per heavy atom. The van der Waals surface area contributed by atoms with Crippen LogP contribution in [0.3, 0.4) is 0 Å². The van der Waals surface area contributed by atoms with E-state index in [-0.39, 0.29) is 11.7 Å². The van der Waals surface area contributed by atoms with Gasteiger partial charge < -0.3 is 10.1 Å². The van der Waals surface area contributed by atoms with Crippen LogP contribution in [-0.2, 0) is 0 Å². The summed E-state index contributed by atoms with van der Waals surface area (Å²) in [5.41, 5.74) is 8.42. The highest BCUT2D eigenvalue weighted by Crippen LogP contribution is 2.17. The predicted molar refractivity (Wildman–Crippen MR) is 68.5 cm³/mol. The molecule has 0 heterocycles. The minimum Gasteiger partial charge on any atom is -0.494 e. The molecule has 0 atom stereocenters. The molecule has 102 valence electrons. The van der Waals surface area contributed by atoms with E-state index in [1.165, 1.54) is 25.3 Å². The summed E-state index contributed by atoms with van der Waals surface area (Å²) in [6.45, 7) is 0.885. The number of nitrogens with one attached hydrogen (secondary N) is 1. The van der Waals surface area contributed by atoms with E-state index in [4.69, 9.17) is 10.3 Å². The molecule has 0 unspecified atom stereocenters. The van der Waals surface area contributed by atoms with E-state index in [2.05, 4.69) is 15.3 Å². The summed E-state index contributed by atoms with van der Waals surface area (Å²) < 4.78 is 18.0. The van der Waals surface area contributed by atoms with Crippen molar-refractivity contribution in [1.82, 2.24) is 5.32 Å². The van der Waals surface area contributed by atoms with Gasteiger partial charge in [0.15, 0.2) is 11.6 Å².